The number of halogens is 2. The summed E-state index contributed by atoms with van der Waals surface area (Å²) < 4.78 is 19.2. The summed E-state index contributed by atoms with van der Waals surface area (Å²) in [6.45, 7) is 7.31. The van der Waals surface area contributed by atoms with Gasteiger partial charge in [-0.05, 0) is 51.6 Å². The molecular weight excluding hydrogens is 623 g/mol. The highest BCUT2D eigenvalue weighted by Gasteiger charge is 2.29. The van der Waals surface area contributed by atoms with E-state index in [0.717, 1.165) is 11.1 Å². The lowest BCUT2D eigenvalue weighted by Gasteiger charge is -2.34. The standard InChI is InChI=1S/C28H32ClIN2O6/c1-28(2,3)23(14-19-13-21(25(29)31-26(19)30)37-12-8-11-36-4)32-15-20(27(34)35)24(33)22(16-32)38-17-18-9-6-5-7-10-18/h5-7,9-10,13,15-16,23H,8,11-12,14,17H2,1-4H3,(H,34,35)/t23-/m0/s1. The van der Waals surface area contributed by atoms with E-state index in [0.29, 0.717) is 35.5 Å². The molecule has 2 aromatic heterocycles. The molecule has 204 valence electrons. The van der Waals surface area contributed by atoms with E-state index in [9.17, 15) is 14.7 Å². The molecule has 8 nitrogen and oxygen atoms in total. The van der Waals surface area contributed by atoms with Gasteiger partial charge in [0.05, 0.1) is 12.8 Å². The highest BCUT2D eigenvalue weighted by Crippen LogP contribution is 2.37. The van der Waals surface area contributed by atoms with E-state index in [-0.39, 0.29) is 34.5 Å². The molecule has 3 rings (SSSR count). The molecule has 0 spiro atoms. The van der Waals surface area contributed by atoms with E-state index in [1.54, 1.807) is 17.9 Å². The number of nitrogens with zero attached hydrogens (tertiary/aromatic N) is 2. The summed E-state index contributed by atoms with van der Waals surface area (Å²) in [4.78, 5) is 29.4. The average Bonchev–Trinajstić information content (AvgIpc) is 2.86. The van der Waals surface area contributed by atoms with E-state index >= 15 is 0 Å². The van der Waals surface area contributed by atoms with E-state index in [4.69, 9.17) is 25.8 Å². The third-order valence-corrected chi connectivity index (χ3v) is 7.18. The highest BCUT2D eigenvalue weighted by molar-refractivity contribution is 14.1. The first kappa shape index (κ1) is 29.9. The Morgan fingerprint density at radius 2 is 1.84 bits per heavy atom. The molecule has 0 saturated carbocycles. The summed E-state index contributed by atoms with van der Waals surface area (Å²) in [7, 11) is 1.63. The normalized spacial score (nSPS) is 12.3. The summed E-state index contributed by atoms with van der Waals surface area (Å²) in [6.07, 6.45) is 4.17. The molecule has 0 radical (unpaired) electrons. The number of aromatic nitrogens is 2. The molecule has 3 aromatic rings. The Bertz CT molecular complexity index is 1310. The van der Waals surface area contributed by atoms with Crippen molar-refractivity contribution in [3.8, 4) is 11.5 Å². The maximum atomic E-state index is 12.9. The molecule has 0 saturated heterocycles. The van der Waals surface area contributed by atoms with Crippen LogP contribution in [0, 0.1) is 9.12 Å². The van der Waals surface area contributed by atoms with Gasteiger partial charge in [0.15, 0.2) is 16.7 Å². The molecule has 1 aromatic carbocycles. The number of hydrogen-bond acceptors (Lipinski definition) is 6. The Morgan fingerprint density at radius 1 is 1.13 bits per heavy atom. The van der Waals surface area contributed by atoms with E-state index in [1.807, 2.05) is 36.4 Å². The van der Waals surface area contributed by atoms with Gasteiger partial charge in [0.2, 0.25) is 5.43 Å². The van der Waals surface area contributed by atoms with Crippen LogP contribution >= 0.6 is 34.2 Å². The number of carboxylic acids is 1. The van der Waals surface area contributed by atoms with Gasteiger partial charge < -0.3 is 23.9 Å². The Balaban J connectivity index is 1.99. The van der Waals surface area contributed by atoms with Gasteiger partial charge in [0, 0.05) is 32.4 Å². The quantitative estimate of drug-likeness (QED) is 0.145. The van der Waals surface area contributed by atoms with Crippen molar-refractivity contribution in [2.45, 2.75) is 46.3 Å². The maximum Gasteiger partial charge on any atom is 0.341 e. The van der Waals surface area contributed by atoms with Crippen LogP contribution in [0.25, 0.3) is 0 Å². The van der Waals surface area contributed by atoms with Crippen LogP contribution in [-0.4, -0.2) is 41.0 Å². The van der Waals surface area contributed by atoms with Crippen LogP contribution in [0.4, 0.5) is 0 Å². The molecule has 0 fully saturated rings. The lowest BCUT2D eigenvalue weighted by atomic mass is 9.83. The molecule has 38 heavy (non-hydrogen) atoms. The molecule has 0 aliphatic carbocycles. The lowest BCUT2D eigenvalue weighted by molar-refractivity contribution is 0.0692. The molecule has 1 atom stereocenters. The molecule has 0 amide bonds. The van der Waals surface area contributed by atoms with Gasteiger partial charge in [-0.25, -0.2) is 9.78 Å². The minimum atomic E-state index is -1.31. The molecule has 1 N–H and O–H groups in total. The van der Waals surface area contributed by atoms with Gasteiger partial charge in [-0.2, -0.15) is 0 Å². The molecule has 0 bridgehead atoms. The van der Waals surface area contributed by atoms with Gasteiger partial charge in [-0.15, -0.1) is 0 Å². The first-order valence-electron chi connectivity index (χ1n) is 12.1. The largest absolute Gasteiger partial charge is 0.490 e. The number of aromatic carboxylic acids is 1. The molecule has 2 heterocycles. The number of carbonyl (C=O) groups is 1. The first-order valence-corrected chi connectivity index (χ1v) is 13.6. The monoisotopic (exact) mass is 654 g/mol. The fourth-order valence-electron chi connectivity index (χ4n) is 3.93. The van der Waals surface area contributed by atoms with Crippen molar-refractivity contribution in [2.75, 3.05) is 20.3 Å². The number of ether oxygens (including phenoxy) is 3. The second kappa shape index (κ2) is 13.4. The number of methoxy groups -OCH3 is 1. The van der Waals surface area contributed by atoms with Crippen molar-refractivity contribution in [1.82, 2.24) is 9.55 Å². The van der Waals surface area contributed by atoms with Crippen molar-refractivity contribution >= 4 is 40.2 Å². The van der Waals surface area contributed by atoms with Crippen LogP contribution < -0.4 is 14.9 Å². The van der Waals surface area contributed by atoms with Crippen molar-refractivity contribution in [2.24, 2.45) is 5.41 Å². The SMILES string of the molecule is COCCCOc1cc(C[C@H](n2cc(OCc3ccccc3)c(=O)c(C(=O)O)c2)C(C)(C)C)c(I)nc1Cl. The van der Waals surface area contributed by atoms with Gasteiger partial charge in [0.25, 0.3) is 0 Å². The molecular formula is C28H32ClIN2O6. The molecule has 10 heteroatoms. The Labute approximate surface area is 241 Å². The van der Waals surface area contributed by atoms with E-state index in [1.165, 1.54) is 6.20 Å². The van der Waals surface area contributed by atoms with Crippen LogP contribution in [0.2, 0.25) is 5.15 Å². The van der Waals surface area contributed by atoms with Crippen molar-refractivity contribution in [1.29, 1.82) is 0 Å². The maximum absolute atomic E-state index is 12.9. The number of carboxylic acid groups (broad SMARTS) is 1. The molecule has 0 aliphatic rings. The van der Waals surface area contributed by atoms with Crippen LogP contribution in [0.3, 0.4) is 0 Å². The van der Waals surface area contributed by atoms with Gasteiger partial charge in [-0.1, -0.05) is 62.7 Å². The zero-order valence-electron chi connectivity index (χ0n) is 21.9. The minimum absolute atomic E-state index is 0.0194. The van der Waals surface area contributed by atoms with E-state index in [2.05, 4.69) is 48.3 Å². The topological polar surface area (TPSA) is 99.9 Å². The summed E-state index contributed by atoms with van der Waals surface area (Å²) >= 11 is 8.48. The third kappa shape index (κ3) is 7.94. The Kier molecular flexibility index (Phi) is 10.6. The summed E-state index contributed by atoms with van der Waals surface area (Å²) in [5.74, 6) is -0.853. The summed E-state index contributed by atoms with van der Waals surface area (Å²) in [5.41, 5.74) is 0.414. The molecule has 0 aliphatic heterocycles. The van der Waals surface area contributed by atoms with Crippen LogP contribution in [0.5, 0.6) is 11.5 Å². The first-order chi connectivity index (χ1) is 18.0. The minimum Gasteiger partial charge on any atom is -0.490 e. The van der Waals surface area contributed by atoms with Crippen molar-refractivity contribution < 1.29 is 24.1 Å². The van der Waals surface area contributed by atoms with Gasteiger partial charge >= 0.3 is 5.97 Å². The summed E-state index contributed by atoms with van der Waals surface area (Å²) in [6, 6.07) is 11.0. The predicted molar refractivity (Wildman–Crippen MR) is 155 cm³/mol. The van der Waals surface area contributed by atoms with E-state index < -0.39 is 11.4 Å². The van der Waals surface area contributed by atoms with Crippen molar-refractivity contribution in [3.63, 3.8) is 0 Å². The van der Waals surface area contributed by atoms with Crippen LogP contribution in [0.1, 0.15) is 54.7 Å². The predicted octanol–water partition coefficient (Wildman–Crippen LogP) is 6.02. The van der Waals surface area contributed by atoms with Crippen LogP contribution in [0.15, 0.2) is 53.6 Å². The zero-order valence-corrected chi connectivity index (χ0v) is 24.8. The molecule has 0 unspecified atom stereocenters. The van der Waals surface area contributed by atoms with Crippen molar-refractivity contribution in [3.05, 3.63) is 84.6 Å². The van der Waals surface area contributed by atoms with Gasteiger partial charge in [-0.3, -0.25) is 4.79 Å². The van der Waals surface area contributed by atoms with Crippen LogP contribution in [-0.2, 0) is 17.8 Å². The number of benzene rings is 1. The number of hydrogen-bond donors (Lipinski definition) is 1. The summed E-state index contributed by atoms with van der Waals surface area (Å²) in [5, 5.41) is 10.1. The Morgan fingerprint density at radius 3 is 2.47 bits per heavy atom. The van der Waals surface area contributed by atoms with Gasteiger partial charge in [0.1, 0.15) is 15.9 Å². The number of rotatable bonds is 12. The second-order valence-corrected chi connectivity index (χ2v) is 11.3. The number of pyridine rings is 2. The highest BCUT2D eigenvalue weighted by atomic mass is 127. The lowest BCUT2D eigenvalue weighted by Crippen LogP contribution is -2.30. The third-order valence-electron chi connectivity index (χ3n) is 5.97. The smallest absolute Gasteiger partial charge is 0.341 e. The average molecular weight is 655 g/mol. The zero-order chi connectivity index (χ0) is 27.9. The Hall–Kier alpha value is -2.63. The fraction of sp³-hybridized carbons (Fsp3) is 0.393. The fourth-order valence-corrected chi connectivity index (χ4v) is 4.88. The second-order valence-electron chi connectivity index (χ2n) is 9.90.